The minimum atomic E-state index is 0.293. The number of hydrogen-bond acceptors (Lipinski definition) is 1. The van der Waals surface area contributed by atoms with Crippen molar-refractivity contribution >= 4 is 11.8 Å². The Morgan fingerprint density at radius 2 is 1.33 bits per heavy atom. The van der Waals surface area contributed by atoms with Crippen molar-refractivity contribution in [2.45, 2.75) is 0 Å². The molecule has 0 bridgehead atoms. The van der Waals surface area contributed by atoms with E-state index in [1.807, 2.05) is 60.7 Å². The lowest BCUT2D eigenvalue weighted by Crippen LogP contribution is -1.81. The molecule has 0 saturated carbocycles. The number of benzene rings is 2. The molecular weight excluding hydrogens is 184 g/mol. The number of aliphatic hydroxyl groups excluding tert-OH is 1. The molecule has 0 amide bonds. The maximum absolute atomic E-state index is 9.84. The highest BCUT2D eigenvalue weighted by Gasteiger charge is 1.96. The van der Waals surface area contributed by atoms with Gasteiger partial charge >= 0.3 is 0 Å². The topological polar surface area (TPSA) is 20.2 Å². The molecule has 74 valence electrons. The van der Waals surface area contributed by atoms with Gasteiger partial charge in [-0.15, -0.1) is 0 Å². The highest BCUT2D eigenvalue weighted by molar-refractivity contribution is 5.76. The van der Waals surface area contributed by atoms with Crippen LogP contribution >= 0.6 is 0 Å². The van der Waals surface area contributed by atoms with Crippen molar-refractivity contribution < 1.29 is 5.11 Å². The minimum Gasteiger partial charge on any atom is -0.507 e. The van der Waals surface area contributed by atoms with Gasteiger partial charge in [0, 0.05) is 5.56 Å². The summed E-state index contributed by atoms with van der Waals surface area (Å²) in [6.45, 7) is 0. The van der Waals surface area contributed by atoms with E-state index in [9.17, 15) is 5.11 Å². The fraction of sp³-hybridized carbons (Fsp3) is 0. The van der Waals surface area contributed by atoms with Crippen molar-refractivity contribution in [2.75, 3.05) is 0 Å². The fourth-order valence-electron chi connectivity index (χ4n) is 1.40. The summed E-state index contributed by atoms with van der Waals surface area (Å²) in [7, 11) is 0. The van der Waals surface area contributed by atoms with Crippen LogP contribution in [0.3, 0.4) is 0 Å². The van der Waals surface area contributed by atoms with Gasteiger partial charge in [-0.2, -0.15) is 0 Å². The van der Waals surface area contributed by atoms with Crippen molar-refractivity contribution in [3.8, 4) is 0 Å². The van der Waals surface area contributed by atoms with Gasteiger partial charge in [0.05, 0.1) is 0 Å². The molecule has 0 radical (unpaired) electrons. The van der Waals surface area contributed by atoms with Crippen LogP contribution in [-0.4, -0.2) is 5.11 Å². The van der Waals surface area contributed by atoms with E-state index in [2.05, 4.69) is 0 Å². The Hall–Kier alpha value is -2.02. The Morgan fingerprint density at radius 3 is 1.93 bits per heavy atom. The lowest BCUT2D eigenvalue weighted by Gasteiger charge is -1.99. The van der Waals surface area contributed by atoms with E-state index in [0.29, 0.717) is 5.76 Å². The van der Waals surface area contributed by atoms with Gasteiger partial charge in [-0.1, -0.05) is 60.7 Å². The van der Waals surface area contributed by atoms with E-state index in [1.165, 1.54) is 0 Å². The summed E-state index contributed by atoms with van der Waals surface area (Å²) < 4.78 is 0. The van der Waals surface area contributed by atoms with Gasteiger partial charge in [-0.25, -0.2) is 0 Å². The molecule has 2 aromatic carbocycles. The molecular formula is C14H12O. The maximum atomic E-state index is 9.84. The van der Waals surface area contributed by atoms with Crippen molar-refractivity contribution in [2.24, 2.45) is 0 Å². The first kappa shape index (κ1) is 9.53. The van der Waals surface area contributed by atoms with E-state index in [0.717, 1.165) is 11.1 Å². The average molecular weight is 196 g/mol. The van der Waals surface area contributed by atoms with Crippen LogP contribution < -0.4 is 0 Å². The van der Waals surface area contributed by atoms with Crippen LogP contribution in [0.1, 0.15) is 11.1 Å². The first-order chi connectivity index (χ1) is 7.36. The van der Waals surface area contributed by atoms with Crippen molar-refractivity contribution in [1.29, 1.82) is 0 Å². The number of aliphatic hydroxyl groups is 1. The first-order valence-corrected chi connectivity index (χ1v) is 4.87. The van der Waals surface area contributed by atoms with Crippen LogP contribution in [0.5, 0.6) is 0 Å². The predicted octanol–water partition coefficient (Wildman–Crippen LogP) is 3.74. The summed E-state index contributed by atoms with van der Waals surface area (Å²) in [4.78, 5) is 0. The molecule has 0 atom stereocenters. The Balaban J connectivity index is 2.29. The largest absolute Gasteiger partial charge is 0.507 e. The molecule has 0 aliphatic carbocycles. The van der Waals surface area contributed by atoms with E-state index in [1.54, 1.807) is 6.08 Å². The summed E-state index contributed by atoms with van der Waals surface area (Å²) in [5.74, 6) is 0.293. The van der Waals surface area contributed by atoms with Gasteiger partial charge in [-0.3, -0.25) is 0 Å². The molecule has 2 rings (SSSR count). The summed E-state index contributed by atoms with van der Waals surface area (Å²) in [5, 5.41) is 9.84. The van der Waals surface area contributed by atoms with Gasteiger partial charge in [0.2, 0.25) is 0 Å². The molecule has 0 aliphatic rings. The lowest BCUT2D eigenvalue weighted by molar-refractivity contribution is 0.515. The molecule has 1 heteroatoms. The van der Waals surface area contributed by atoms with Crippen LogP contribution in [0.15, 0.2) is 60.7 Å². The average Bonchev–Trinajstić information content (AvgIpc) is 2.31. The number of hydrogen-bond donors (Lipinski definition) is 1. The molecule has 2 aromatic rings. The zero-order chi connectivity index (χ0) is 10.5. The molecule has 0 unspecified atom stereocenters. The highest BCUT2D eigenvalue weighted by atomic mass is 16.3. The van der Waals surface area contributed by atoms with E-state index in [4.69, 9.17) is 0 Å². The molecule has 0 heterocycles. The fourth-order valence-corrected chi connectivity index (χ4v) is 1.40. The van der Waals surface area contributed by atoms with E-state index >= 15 is 0 Å². The third kappa shape index (κ3) is 2.47. The second-order valence-electron chi connectivity index (χ2n) is 3.31. The van der Waals surface area contributed by atoms with Crippen molar-refractivity contribution in [3.05, 3.63) is 71.8 Å². The lowest BCUT2D eigenvalue weighted by atomic mass is 10.1. The molecule has 0 aliphatic heterocycles. The van der Waals surface area contributed by atoms with Crippen LogP contribution in [0.4, 0.5) is 0 Å². The zero-order valence-corrected chi connectivity index (χ0v) is 8.30. The monoisotopic (exact) mass is 196 g/mol. The summed E-state index contributed by atoms with van der Waals surface area (Å²) >= 11 is 0. The van der Waals surface area contributed by atoms with Crippen LogP contribution in [0.25, 0.3) is 11.8 Å². The summed E-state index contributed by atoms with van der Waals surface area (Å²) in [6.07, 6.45) is 1.76. The summed E-state index contributed by atoms with van der Waals surface area (Å²) in [5.41, 5.74) is 1.83. The SMILES string of the molecule is O/C(=C\c1ccccc1)c1ccccc1. The standard InChI is InChI=1S/C14H12O/c15-14(13-9-5-2-6-10-13)11-12-7-3-1-4-8-12/h1-11,15H/b14-11-. The van der Waals surface area contributed by atoms with E-state index < -0.39 is 0 Å². The predicted molar refractivity (Wildman–Crippen MR) is 63.4 cm³/mol. The van der Waals surface area contributed by atoms with Crippen molar-refractivity contribution in [3.63, 3.8) is 0 Å². The Kier molecular flexibility index (Phi) is 2.84. The van der Waals surface area contributed by atoms with Crippen LogP contribution in [0.2, 0.25) is 0 Å². The molecule has 0 saturated heterocycles. The van der Waals surface area contributed by atoms with Crippen LogP contribution in [0, 0.1) is 0 Å². The highest BCUT2D eigenvalue weighted by Crippen LogP contribution is 2.14. The zero-order valence-electron chi connectivity index (χ0n) is 8.30. The molecule has 0 aromatic heterocycles. The van der Waals surface area contributed by atoms with Gasteiger partial charge in [0.1, 0.15) is 5.76 Å². The molecule has 0 spiro atoms. The Morgan fingerprint density at radius 1 is 0.800 bits per heavy atom. The second kappa shape index (κ2) is 4.47. The van der Waals surface area contributed by atoms with Gasteiger partial charge in [-0.05, 0) is 11.6 Å². The summed E-state index contributed by atoms with van der Waals surface area (Å²) in [6, 6.07) is 19.3. The first-order valence-electron chi connectivity index (χ1n) is 4.87. The van der Waals surface area contributed by atoms with Gasteiger partial charge < -0.3 is 5.11 Å². The quantitative estimate of drug-likeness (QED) is 0.573. The van der Waals surface area contributed by atoms with Crippen molar-refractivity contribution in [1.82, 2.24) is 0 Å². The third-order valence-electron chi connectivity index (χ3n) is 2.17. The van der Waals surface area contributed by atoms with Gasteiger partial charge in [0.25, 0.3) is 0 Å². The number of rotatable bonds is 2. The maximum Gasteiger partial charge on any atom is 0.123 e. The minimum absolute atomic E-state index is 0.293. The Labute approximate surface area is 89.3 Å². The molecule has 0 fully saturated rings. The second-order valence-corrected chi connectivity index (χ2v) is 3.31. The normalized spacial score (nSPS) is 11.3. The molecule has 1 N–H and O–H groups in total. The molecule has 1 nitrogen and oxygen atoms in total. The van der Waals surface area contributed by atoms with Gasteiger partial charge in [0.15, 0.2) is 0 Å². The molecule has 15 heavy (non-hydrogen) atoms. The Bertz CT molecular complexity index is 443. The van der Waals surface area contributed by atoms with Crippen LogP contribution in [-0.2, 0) is 0 Å². The van der Waals surface area contributed by atoms with E-state index in [-0.39, 0.29) is 0 Å². The smallest absolute Gasteiger partial charge is 0.123 e. The third-order valence-corrected chi connectivity index (χ3v) is 2.17.